The summed E-state index contributed by atoms with van der Waals surface area (Å²) in [4.78, 5) is 6.66. The number of hydrogen-bond acceptors (Lipinski definition) is 5. The van der Waals surface area contributed by atoms with E-state index in [9.17, 15) is 0 Å². The van der Waals surface area contributed by atoms with Crippen LogP contribution in [0.5, 0.6) is 5.75 Å². The number of hydrogen-bond donors (Lipinski definition) is 1. The van der Waals surface area contributed by atoms with E-state index in [1.807, 2.05) is 12.3 Å². The largest absolute Gasteiger partial charge is 0.492 e. The third-order valence-electron chi connectivity index (χ3n) is 4.15. The minimum atomic E-state index is -0.144. The SMILES string of the molecule is CCCOc1cncc(C(N)C(C)(C)N2CCOCC2)c1. The molecule has 1 aromatic rings. The van der Waals surface area contributed by atoms with Gasteiger partial charge in [0.25, 0.3) is 0 Å². The van der Waals surface area contributed by atoms with Gasteiger partial charge in [-0.15, -0.1) is 0 Å². The first-order valence-corrected chi connectivity index (χ1v) is 7.72. The summed E-state index contributed by atoms with van der Waals surface area (Å²) in [6.07, 6.45) is 4.56. The molecule has 1 atom stereocenters. The highest BCUT2D eigenvalue weighted by Crippen LogP contribution is 2.30. The van der Waals surface area contributed by atoms with E-state index in [1.165, 1.54) is 0 Å². The van der Waals surface area contributed by atoms with Crippen LogP contribution < -0.4 is 10.5 Å². The lowest BCUT2D eigenvalue weighted by atomic mass is 9.88. The lowest BCUT2D eigenvalue weighted by molar-refractivity contribution is -0.0191. The summed E-state index contributed by atoms with van der Waals surface area (Å²) in [5.41, 5.74) is 7.39. The molecule has 1 aromatic heterocycles. The first kappa shape index (κ1) is 16.2. The summed E-state index contributed by atoms with van der Waals surface area (Å²) >= 11 is 0. The van der Waals surface area contributed by atoms with Crippen molar-refractivity contribution < 1.29 is 9.47 Å². The van der Waals surface area contributed by atoms with Crippen LogP contribution in [0.2, 0.25) is 0 Å². The second-order valence-corrected chi connectivity index (χ2v) is 6.03. The molecule has 2 heterocycles. The Hall–Kier alpha value is -1.17. The van der Waals surface area contributed by atoms with Crippen molar-refractivity contribution in [2.75, 3.05) is 32.9 Å². The Morgan fingerprint density at radius 2 is 2.10 bits per heavy atom. The molecule has 2 N–H and O–H groups in total. The van der Waals surface area contributed by atoms with Gasteiger partial charge in [0.05, 0.1) is 26.0 Å². The molecule has 1 aliphatic rings. The van der Waals surface area contributed by atoms with Gasteiger partial charge < -0.3 is 15.2 Å². The van der Waals surface area contributed by atoms with Gasteiger partial charge in [-0.05, 0) is 31.9 Å². The summed E-state index contributed by atoms with van der Waals surface area (Å²) in [5.74, 6) is 0.794. The number of nitrogens with two attached hydrogens (primary N) is 1. The van der Waals surface area contributed by atoms with Crippen LogP contribution >= 0.6 is 0 Å². The molecule has 0 aliphatic carbocycles. The minimum Gasteiger partial charge on any atom is -0.492 e. The Bertz CT molecular complexity index is 445. The first-order chi connectivity index (χ1) is 10.1. The number of pyridine rings is 1. The molecule has 0 aromatic carbocycles. The monoisotopic (exact) mass is 293 g/mol. The van der Waals surface area contributed by atoms with Crippen LogP contribution in [0.25, 0.3) is 0 Å². The van der Waals surface area contributed by atoms with Gasteiger partial charge in [-0.2, -0.15) is 0 Å². The van der Waals surface area contributed by atoms with Crippen LogP contribution in [0.3, 0.4) is 0 Å². The zero-order valence-electron chi connectivity index (χ0n) is 13.3. The molecule has 0 amide bonds. The van der Waals surface area contributed by atoms with E-state index in [0.717, 1.165) is 44.0 Å². The van der Waals surface area contributed by atoms with Crippen LogP contribution in [0.4, 0.5) is 0 Å². The highest BCUT2D eigenvalue weighted by molar-refractivity contribution is 5.28. The van der Waals surface area contributed by atoms with Crippen LogP contribution in [0.15, 0.2) is 18.5 Å². The standard InChI is InChI=1S/C16H27N3O2/c1-4-7-21-14-10-13(11-18-12-14)15(17)16(2,3)19-5-8-20-9-6-19/h10-12,15H,4-9,17H2,1-3H3. The fourth-order valence-electron chi connectivity index (χ4n) is 2.65. The van der Waals surface area contributed by atoms with Gasteiger partial charge in [-0.25, -0.2) is 0 Å². The molecule has 118 valence electrons. The number of rotatable bonds is 6. The van der Waals surface area contributed by atoms with Crippen molar-refractivity contribution >= 4 is 0 Å². The van der Waals surface area contributed by atoms with Crippen molar-refractivity contribution in [3.05, 3.63) is 24.0 Å². The summed E-state index contributed by atoms with van der Waals surface area (Å²) in [5, 5.41) is 0. The van der Waals surface area contributed by atoms with E-state index in [-0.39, 0.29) is 11.6 Å². The van der Waals surface area contributed by atoms with Crippen LogP contribution in [0, 0.1) is 0 Å². The van der Waals surface area contributed by atoms with Crippen LogP contribution in [-0.2, 0) is 4.74 Å². The zero-order valence-corrected chi connectivity index (χ0v) is 13.3. The average Bonchev–Trinajstić information content (AvgIpc) is 2.53. The molecule has 5 nitrogen and oxygen atoms in total. The number of morpholine rings is 1. The topological polar surface area (TPSA) is 60.6 Å². The maximum Gasteiger partial charge on any atom is 0.137 e. The summed E-state index contributed by atoms with van der Waals surface area (Å²) in [6.45, 7) is 10.5. The van der Waals surface area contributed by atoms with Crippen molar-refractivity contribution in [3.63, 3.8) is 0 Å². The molecule has 1 aliphatic heterocycles. The molecule has 2 rings (SSSR count). The van der Waals surface area contributed by atoms with Gasteiger partial charge in [-0.3, -0.25) is 9.88 Å². The lowest BCUT2D eigenvalue weighted by Gasteiger charge is -2.44. The molecule has 1 unspecified atom stereocenters. The molecule has 0 bridgehead atoms. The first-order valence-electron chi connectivity index (χ1n) is 7.72. The van der Waals surface area contributed by atoms with Crippen molar-refractivity contribution in [2.45, 2.75) is 38.8 Å². The smallest absolute Gasteiger partial charge is 0.137 e. The predicted molar refractivity (Wildman–Crippen MR) is 83.4 cm³/mol. The molecule has 21 heavy (non-hydrogen) atoms. The molecular weight excluding hydrogens is 266 g/mol. The Labute approximate surface area is 127 Å². The van der Waals surface area contributed by atoms with Crippen LogP contribution in [-0.4, -0.2) is 48.3 Å². The van der Waals surface area contributed by atoms with E-state index >= 15 is 0 Å². The number of ether oxygens (including phenoxy) is 2. The zero-order chi connectivity index (χ0) is 15.3. The van der Waals surface area contributed by atoms with Gasteiger partial charge in [0.2, 0.25) is 0 Å². The average molecular weight is 293 g/mol. The minimum absolute atomic E-state index is 0.117. The maximum absolute atomic E-state index is 6.52. The van der Waals surface area contributed by atoms with Gasteiger partial charge >= 0.3 is 0 Å². The van der Waals surface area contributed by atoms with Crippen molar-refractivity contribution in [1.82, 2.24) is 9.88 Å². The Kier molecular flexibility index (Phi) is 5.56. The quantitative estimate of drug-likeness (QED) is 0.869. The highest BCUT2D eigenvalue weighted by atomic mass is 16.5. The third-order valence-corrected chi connectivity index (χ3v) is 4.15. The van der Waals surface area contributed by atoms with Crippen molar-refractivity contribution in [3.8, 4) is 5.75 Å². The summed E-state index contributed by atoms with van der Waals surface area (Å²) < 4.78 is 11.1. The van der Waals surface area contributed by atoms with Crippen molar-refractivity contribution in [1.29, 1.82) is 0 Å². The normalized spacial score (nSPS) is 18.5. The molecule has 0 radical (unpaired) electrons. The van der Waals surface area contributed by atoms with E-state index in [1.54, 1.807) is 6.20 Å². The van der Waals surface area contributed by atoms with Crippen LogP contribution in [0.1, 0.15) is 38.8 Å². The Morgan fingerprint density at radius 3 is 2.76 bits per heavy atom. The summed E-state index contributed by atoms with van der Waals surface area (Å²) in [7, 11) is 0. The third kappa shape index (κ3) is 3.93. The molecule has 1 saturated heterocycles. The van der Waals surface area contributed by atoms with E-state index in [2.05, 4.69) is 30.7 Å². The second kappa shape index (κ2) is 7.20. The molecule has 0 spiro atoms. The Morgan fingerprint density at radius 1 is 1.38 bits per heavy atom. The van der Waals surface area contributed by atoms with E-state index < -0.39 is 0 Å². The van der Waals surface area contributed by atoms with E-state index in [4.69, 9.17) is 15.2 Å². The molecule has 5 heteroatoms. The second-order valence-electron chi connectivity index (χ2n) is 6.03. The number of nitrogens with zero attached hydrogens (tertiary/aromatic N) is 2. The molecule has 0 saturated carbocycles. The maximum atomic E-state index is 6.52. The molecule has 1 fully saturated rings. The van der Waals surface area contributed by atoms with E-state index in [0.29, 0.717) is 6.61 Å². The Balaban J connectivity index is 2.11. The highest BCUT2D eigenvalue weighted by Gasteiger charge is 2.35. The van der Waals surface area contributed by atoms with Gasteiger partial charge in [0, 0.05) is 30.9 Å². The predicted octanol–water partition coefficient (Wildman–Crippen LogP) is 1.98. The van der Waals surface area contributed by atoms with Gasteiger partial charge in [0.1, 0.15) is 5.75 Å². The number of aromatic nitrogens is 1. The fourth-order valence-corrected chi connectivity index (χ4v) is 2.65. The van der Waals surface area contributed by atoms with Gasteiger partial charge in [-0.1, -0.05) is 6.92 Å². The summed E-state index contributed by atoms with van der Waals surface area (Å²) in [6, 6.07) is 1.89. The fraction of sp³-hybridized carbons (Fsp3) is 0.688. The molecular formula is C16H27N3O2. The lowest BCUT2D eigenvalue weighted by Crippen LogP contribution is -2.55. The van der Waals surface area contributed by atoms with Gasteiger partial charge in [0.15, 0.2) is 0 Å². The van der Waals surface area contributed by atoms with Crippen molar-refractivity contribution in [2.24, 2.45) is 5.73 Å².